The van der Waals surface area contributed by atoms with Crippen LogP contribution in [0.2, 0.25) is 0 Å². The van der Waals surface area contributed by atoms with E-state index in [0.29, 0.717) is 5.41 Å². The molecule has 13 heavy (non-hydrogen) atoms. The molecule has 4 heteroatoms. The fourth-order valence-corrected chi connectivity index (χ4v) is 3.46. The molecule has 2 saturated heterocycles. The fourth-order valence-electron chi connectivity index (χ4n) is 2.58. The Balaban J connectivity index is 1.87. The molecule has 2 fully saturated rings. The summed E-state index contributed by atoms with van der Waals surface area (Å²) in [6, 6.07) is 0. The van der Waals surface area contributed by atoms with Crippen LogP contribution >= 0.6 is 22.5 Å². The first-order valence-corrected chi connectivity index (χ1v) is 7.08. The van der Waals surface area contributed by atoms with Crippen LogP contribution in [0.1, 0.15) is 19.3 Å². The van der Waals surface area contributed by atoms with Gasteiger partial charge in [0.25, 0.3) is 0 Å². The first-order valence-electron chi connectivity index (χ1n) is 5.04. The predicted molar refractivity (Wildman–Crippen MR) is 62.2 cm³/mol. The van der Waals surface area contributed by atoms with Gasteiger partial charge in [0, 0.05) is 6.54 Å². The number of thiol groups is 1. The zero-order valence-electron chi connectivity index (χ0n) is 7.96. The van der Waals surface area contributed by atoms with Gasteiger partial charge in [0.15, 0.2) is 0 Å². The molecule has 2 rings (SSSR count). The van der Waals surface area contributed by atoms with Gasteiger partial charge in [0.2, 0.25) is 0 Å². The lowest BCUT2D eigenvalue weighted by Gasteiger charge is -2.33. The quantitative estimate of drug-likeness (QED) is 0.541. The van der Waals surface area contributed by atoms with Gasteiger partial charge in [-0.2, -0.15) is 0 Å². The molecule has 76 valence electrons. The van der Waals surface area contributed by atoms with Crippen molar-refractivity contribution in [2.75, 3.05) is 32.1 Å². The highest BCUT2D eigenvalue weighted by Crippen LogP contribution is 2.38. The number of nitrogens with zero attached hydrogens (tertiary/aromatic N) is 1. The summed E-state index contributed by atoms with van der Waals surface area (Å²) in [6.07, 6.45) is 4.16. The predicted octanol–water partition coefficient (Wildman–Crippen LogP) is 1.60. The van der Waals surface area contributed by atoms with Crippen LogP contribution in [0, 0.1) is 5.41 Å². The van der Waals surface area contributed by atoms with Crippen LogP contribution in [0.15, 0.2) is 0 Å². The van der Waals surface area contributed by atoms with E-state index >= 15 is 0 Å². The molecule has 0 aromatic heterocycles. The van der Waals surface area contributed by atoms with Crippen LogP contribution in [0.4, 0.5) is 0 Å². The Labute approximate surface area is 89.6 Å². The molecule has 2 heterocycles. The van der Waals surface area contributed by atoms with Crippen molar-refractivity contribution < 1.29 is 0 Å². The van der Waals surface area contributed by atoms with Crippen LogP contribution in [0.25, 0.3) is 0 Å². The average molecular weight is 218 g/mol. The van der Waals surface area contributed by atoms with E-state index in [9.17, 15) is 0 Å². The summed E-state index contributed by atoms with van der Waals surface area (Å²) in [5, 5.41) is 3.44. The van der Waals surface area contributed by atoms with E-state index in [0.717, 1.165) is 5.88 Å². The second-order valence-corrected chi connectivity index (χ2v) is 5.60. The van der Waals surface area contributed by atoms with E-state index in [4.69, 9.17) is 0 Å². The lowest BCUT2D eigenvalue weighted by Crippen LogP contribution is -2.38. The number of nitrogens with one attached hydrogen (secondary N) is 1. The van der Waals surface area contributed by atoms with E-state index in [1.54, 1.807) is 10.8 Å². The van der Waals surface area contributed by atoms with E-state index < -0.39 is 0 Å². The Morgan fingerprint density at radius 3 is 2.77 bits per heavy atom. The minimum Gasteiger partial charge on any atom is -0.317 e. The van der Waals surface area contributed by atoms with Gasteiger partial charge in [0.05, 0.1) is 5.88 Å². The summed E-state index contributed by atoms with van der Waals surface area (Å²) in [5.41, 5.74) is 0.661. The third-order valence-corrected chi connectivity index (χ3v) is 4.25. The maximum absolute atomic E-state index is 4.21. The Hall–Kier alpha value is 0.620. The van der Waals surface area contributed by atoms with Gasteiger partial charge in [-0.1, -0.05) is 10.8 Å². The fraction of sp³-hybridized carbons (Fsp3) is 1.00. The molecule has 0 aliphatic carbocycles. The molecule has 0 saturated carbocycles. The third-order valence-electron chi connectivity index (χ3n) is 3.42. The molecular formula is C9H18N2S2. The molecule has 0 unspecified atom stereocenters. The summed E-state index contributed by atoms with van der Waals surface area (Å²) in [4.78, 5) is 2.54. The monoisotopic (exact) mass is 218 g/mol. The van der Waals surface area contributed by atoms with E-state index in [-0.39, 0.29) is 0 Å². The highest BCUT2D eigenvalue weighted by Gasteiger charge is 2.38. The van der Waals surface area contributed by atoms with Crippen LogP contribution in [0.5, 0.6) is 0 Å². The molecule has 0 bridgehead atoms. The number of hydrogen-bond donors (Lipinski definition) is 2. The summed E-state index contributed by atoms with van der Waals surface area (Å²) in [7, 11) is 1.65. The van der Waals surface area contributed by atoms with Crippen molar-refractivity contribution in [2.24, 2.45) is 5.41 Å². The van der Waals surface area contributed by atoms with Gasteiger partial charge in [-0.3, -0.25) is 4.90 Å². The summed E-state index contributed by atoms with van der Waals surface area (Å²) in [6.45, 7) is 5.04. The topological polar surface area (TPSA) is 15.3 Å². The first kappa shape index (κ1) is 10.1. The third kappa shape index (κ3) is 2.35. The Bertz CT molecular complexity index is 169. The van der Waals surface area contributed by atoms with Crippen molar-refractivity contribution in [2.45, 2.75) is 19.3 Å². The Morgan fingerprint density at radius 2 is 2.08 bits per heavy atom. The van der Waals surface area contributed by atoms with Gasteiger partial charge in [-0.05, 0) is 44.3 Å². The lowest BCUT2D eigenvalue weighted by atomic mass is 9.78. The van der Waals surface area contributed by atoms with Gasteiger partial charge >= 0.3 is 0 Å². The normalized spacial score (nSPS) is 28.4. The molecule has 0 aromatic carbocycles. The van der Waals surface area contributed by atoms with Crippen LogP contribution in [-0.4, -0.2) is 37.0 Å². The van der Waals surface area contributed by atoms with Crippen molar-refractivity contribution in [1.29, 1.82) is 0 Å². The molecule has 0 aromatic rings. The highest BCUT2D eigenvalue weighted by atomic mass is 33.1. The second kappa shape index (κ2) is 4.43. The van der Waals surface area contributed by atoms with Gasteiger partial charge in [0.1, 0.15) is 0 Å². The first-order chi connectivity index (χ1) is 6.35. The number of hydrogen-bond acceptors (Lipinski definition) is 4. The van der Waals surface area contributed by atoms with Crippen molar-refractivity contribution in [3.63, 3.8) is 0 Å². The minimum absolute atomic E-state index is 0.661. The van der Waals surface area contributed by atoms with Gasteiger partial charge in [-0.25, -0.2) is 0 Å². The maximum atomic E-state index is 4.21. The molecule has 2 aliphatic heterocycles. The summed E-state index contributed by atoms with van der Waals surface area (Å²) < 4.78 is 0. The van der Waals surface area contributed by atoms with Gasteiger partial charge < -0.3 is 5.32 Å². The van der Waals surface area contributed by atoms with Crippen molar-refractivity contribution in [3.05, 3.63) is 0 Å². The molecule has 2 aliphatic rings. The maximum Gasteiger partial charge on any atom is 0.0546 e. The Morgan fingerprint density at radius 1 is 1.31 bits per heavy atom. The molecular weight excluding hydrogens is 200 g/mol. The van der Waals surface area contributed by atoms with E-state index in [1.807, 2.05) is 0 Å². The number of piperidine rings is 1. The molecule has 1 spiro atoms. The Kier molecular flexibility index (Phi) is 3.46. The number of likely N-dealkylation sites (tertiary alicyclic amines) is 1. The molecule has 2 nitrogen and oxygen atoms in total. The van der Waals surface area contributed by atoms with Crippen molar-refractivity contribution in [1.82, 2.24) is 10.2 Å². The summed E-state index contributed by atoms with van der Waals surface area (Å²) >= 11 is 4.21. The highest BCUT2D eigenvalue weighted by molar-refractivity contribution is 8.68. The van der Waals surface area contributed by atoms with E-state index in [1.165, 1.54) is 45.4 Å². The largest absolute Gasteiger partial charge is 0.317 e. The molecule has 0 atom stereocenters. The zero-order valence-corrected chi connectivity index (χ0v) is 9.67. The molecule has 1 N–H and O–H groups in total. The minimum atomic E-state index is 0.661. The molecule has 0 radical (unpaired) electrons. The van der Waals surface area contributed by atoms with Crippen molar-refractivity contribution >= 4 is 22.5 Å². The summed E-state index contributed by atoms with van der Waals surface area (Å²) in [5.74, 6) is 1.10. The van der Waals surface area contributed by atoms with E-state index in [2.05, 4.69) is 21.9 Å². The smallest absolute Gasteiger partial charge is 0.0546 e. The second-order valence-electron chi connectivity index (χ2n) is 4.31. The zero-order chi connectivity index (χ0) is 9.15. The van der Waals surface area contributed by atoms with Crippen molar-refractivity contribution in [3.8, 4) is 0 Å². The van der Waals surface area contributed by atoms with Crippen LogP contribution in [-0.2, 0) is 0 Å². The average Bonchev–Trinajstić information content (AvgIpc) is 2.51. The SMILES string of the molecule is SSCN1CCC2(CCNCC2)C1. The number of rotatable bonds is 2. The molecule has 0 amide bonds. The van der Waals surface area contributed by atoms with Crippen LogP contribution in [0.3, 0.4) is 0 Å². The lowest BCUT2D eigenvalue weighted by molar-refractivity contribution is 0.205. The van der Waals surface area contributed by atoms with Crippen LogP contribution < -0.4 is 5.32 Å². The standard InChI is InChI=1S/C9H18N2S2/c12-13-8-11-6-3-9(7-11)1-4-10-5-2-9/h10,12H,1-8H2. The van der Waals surface area contributed by atoms with Gasteiger partial charge in [-0.15, -0.1) is 11.7 Å².